The number of carboxylic acid groups (broad SMARTS) is 1. The second kappa shape index (κ2) is 5.07. The maximum atomic E-state index is 12.0. The summed E-state index contributed by atoms with van der Waals surface area (Å²) in [6.07, 6.45) is 3.23. The van der Waals surface area contributed by atoms with Gasteiger partial charge in [-0.05, 0) is 18.3 Å². The number of carbonyl (C=O) groups excluding carboxylic acids is 1. The number of carbonyl (C=O) groups is 2. The molecular formula is C13H23NO3. The van der Waals surface area contributed by atoms with Gasteiger partial charge < -0.3 is 10.4 Å². The van der Waals surface area contributed by atoms with Crippen LogP contribution in [0.5, 0.6) is 0 Å². The maximum Gasteiger partial charge on any atom is 0.307 e. The Morgan fingerprint density at radius 2 is 1.88 bits per heavy atom. The van der Waals surface area contributed by atoms with E-state index in [1.807, 2.05) is 0 Å². The summed E-state index contributed by atoms with van der Waals surface area (Å²) in [5.41, 5.74) is 0.127. The summed E-state index contributed by atoms with van der Waals surface area (Å²) < 4.78 is 0. The number of hydrogen-bond donors (Lipinski definition) is 2. The van der Waals surface area contributed by atoms with Gasteiger partial charge in [0.1, 0.15) is 0 Å². The number of rotatable bonds is 4. The molecule has 0 aromatic carbocycles. The fourth-order valence-electron chi connectivity index (χ4n) is 2.34. The summed E-state index contributed by atoms with van der Waals surface area (Å²) in [6.45, 7) is 7.55. The van der Waals surface area contributed by atoms with E-state index in [9.17, 15) is 9.59 Å². The third-order valence-electron chi connectivity index (χ3n) is 4.13. The molecule has 0 aromatic rings. The Morgan fingerprint density at radius 3 is 2.29 bits per heavy atom. The van der Waals surface area contributed by atoms with Crippen molar-refractivity contribution < 1.29 is 14.7 Å². The van der Waals surface area contributed by atoms with Crippen molar-refractivity contribution in [1.29, 1.82) is 0 Å². The highest BCUT2D eigenvalue weighted by Gasteiger charge is 2.37. The Bertz CT molecular complexity index is 312. The molecule has 1 amide bonds. The average Bonchev–Trinajstić information content (AvgIpc) is 2.56. The molecule has 1 rings (SSSR count). The normalized spacial score (nSPS) is 26.2. The van der Waals surface area contributed by atoms with Gasteiger partial charge in [-0.15, -0.1) is 0 Å². The van der Waals surface area contributed by atoms with Crippen LogP contribution >= 0.6 is 0 Å². The minimum absolute atomic E-state index is 0.127. The molecule has 1 saturated carbocycles. The van der Waals surface area contributed by atoms with Crippen LogP contribution in [0.2, 0.25) is 0 Å². The largest absolute Gasteiger partial charge is 0.481 e. The maximum absolute atomic E-state index is 12.0. The molecule has 0 saturated heterocycles. The molecule has 4 heteroatoms. The molecule has 0 radical (unpaired) electrons. The van der Waals surface area contributed by atoms with E-state index in [0.717, 1.165) is 19.3 Å². The van der Waals surface area contributed by atoms with Crippen molar-refractivity contribution in [3.63, 3.8) is 0 Å². The van der Waals surface area contributed by atoms with Crippen LogP contribution < -0.4 is 5.32 Å². The second-order valence-corrected chi connectivity index (χ2v) is 5.86. The van der Waals surface area contributed by atoms with Crippen molar-refractivity contribution >= 4 is 11.9 Å². The third kappa shape index (κ3) is 3.20. The fraction of sp³-hybridized carbons (Fsp3) is 0.846. The lowest BCUT2D eigenvalue weighted by molar-refractivity contribution is -0.146. The first-order chi connectivity index (χ1) is 7.75. The fourth-order valence-corrected chi connectivity index (χ4v) is 2.34. The summed E-state index contributed by atoms with van der Waals surface area (Å²) in [5.74, 6) is -2.18. The first-order valence-corrected chi connectivity index (χ1v) is 6.29. The van der Waals surface area contributed by atoms with Crippen LogP contribution in [0.4, 0.5) is 0 Å². The van der Waals surface area contributed by atoms with Crippen molar-refractivity contribution in [3.8, 4) is 0 Å². The van der Waals surface area contributed by atoms with Gasteiger partial charge >= 0.3 is 5.97 Å². The molecule has 3 unspecified atom stereocenters. The van der Waals surface area contributed by atoms with Crippen molar-refractivity contribution in [2.24, 2.45) is 17.3 Å². The van der Waals surface area contributed by atoms with Crippen molar-refractivity contribution in [2.45, 2.75) is 53.0 Å². The summed E-state index contributed by atoms with van der Waals surface area (Å²) >= 11 is 0. The van der Waals surface area contributed by atoms with Crippen molar-refractivity contribution in [1.82, 2.24) is 5.32 Å². The molecule has 0 spiro atoms. The Morgan fingerprint density at radius 1 is 1.29 bits per heavy atom. The standard InChI is InChI=1S/C13H23NO3/c1-8(9(2)12(16)17)11(15)14-10-6-5-7-13(10,3)4/h8-10H,5-7H2,1-4H3,(H,14,15)(H,16,17). The highest BCUT2D eigenvalue weighted by molar-refractivity contribution is 5.84. The predicted molar refractivity (Wildman–Crippen MR) is 65.5 cm³/mol. The van der Waals surface area contributed by atoms with E-state index in [1.54, 1.807) is 13.8 Å². The van der Waals surface area contributed by atoms with Crippen molar-refractivity contribution in [3.05, 3.63) is 0 Å². The predicted octanol–water partition coefficient (Wildman–Crippen LogP) is 2.04. The number of carboxylic acids is 1. The van der Waals surface area contributed by atoms with Crippen LogP contribution in [0.3, 0.4) is 0 Å². The van der Waals surface area contributed by atoms with Crippen LogP contribution in [0, 0.1) is 17.3 Å². The van der Waals surface area contributed by atoms with E-state index >= 15 is 0 Å². The second-order valence-electron chi connectivity index (χ2n) is 5.86. The topological polar surface area (TPSA) is 66.4 Å². The zero-order valence-corrected chi connectivity index (χ0v) is 11.1. The lowest BCUT2D eigenvalue weighted by atomic mass is 9.86. The molecule has 3 atom stereocenters. The van der Waals surface area contributed by atoms with Gasteiger partial charge in [0, 0.05) is 12.0 Å². The van der Waals surface area contributed by atoms with Gasteiger partial charge in [0.25, 0.3) is 0 Å². The van der Waals surface area contributed by atoms with E-state index in [4.69, 9.17) is 5.11 Å². The Hall–Kier alpha value is -1.06. The minimum Gasteiger partial charge on any atom is -0.481 e. The lowest BCUT2D eigenvalue weighted by Gasteiger charge is -2.29. The summed E-state index contributed by atoms with van der Waals surface area (Å²) in [7, 11) is 0. The lowest BCUT2D eigenvalue weighted by Crippen LogP contribution is -2.45. The van der Waals surface area contributed by atoms with Gasteiger partial charge in [0.2, 0.25) is 5.91 Å². The number of aliphatic carboxylic acids is 1. The zero-order valence-electron chi connectivity index (χ0n) is 11.1. The van der Waals surface area contributed by atoms with Crippen LogP contribution in [0.1, 0.15) is 47.0 Å². The van der Waals surface area contributed by atoms with Gasteiger partial charge in [-0.2, -0.15) is 0 Å². The highest BCUT2D eigenvalue weighted by atomic mass is 16.4. The SMILES string of the molecule is CC(C(=O)O)C(C)C(=O)NC1CCCC1(C)C. The van der Waals surface area contributed by atoms with Gasteiger partial charge in [0.15, 0.2) is 0 Å². The molecule has 0 heterocycles. The summed E-state index contributed by atoms with van der Waals surface area (Å²) in [4.78, 5) is 22.8. The molecule has 1 aliphatic carbocycles. The molecule has 4 nitrogen and oxygen atoms in total. The molecule has 0 bridgehead atoms. The molecule has 17 heavy (non-hydrogen) atoms. The molecule has 0 aromatic heterocycles. The van der Waals surface area contributed by atoms with E-state index < -0.39 is 17.8 Å². The molecule has 1 fully saturated rings. The summed E-state index contributed by atoms with van der Waals surface area (Å²) in [6, 6.07) is 0.179. The third-order valence-corrected chi connectivity index (χ3v) is 4.13. The van der Waals surface area contributed by atoms with E-state index in [0.29, 0.717) is 0 Å². The Kier molecular flexibility index (Phi) is 4.17. The summed E-state index contributed by atoms with van der Waals surface area (Å²) in [5, 5.41) is 11.9. The van der Waals surface area contributed by atoms with Gasteiger partial charge in [0.05, 0.1) is 5.92 Å². The van der Waals surface area contributed by atoms with Gasteiger partial charge in [-0.25, -0.2) is 0 Å². The quantitative estimate of drug-likeness (QED) is 0.791. The molecular weight excluding hydrogens is 218 g/mol. The van der Waals surface area contributed by atoms with Gasteiger partial charge in [-0.1, -0.05) is 34.1 Å². The van der Waals surface area contributed by atoms with Crippen LogP contribution in [0.25, 0.3) is 0 Å². The van der Waals surface area contributed by atoms with Crippen LogP contribution in [-0.4, -0.2) is 23.0 Å². The monoisotopic (exact) mass is 241 g/mol. The molecule has 1 aliphatic rings. The highest BCUT2D eigenvalue weighted by Crippen LogP contribution is 2.37. The number of amides is 1. The average molecular weight is 241 g/mol. The Labute approximate surface area is 103 Å². The minimum atomic E-state index is -0.918. The smallest absolute Gasteiger partial charge is 0.307 e. The number of hydrogen-bond acceptors (Lipinski definition) is 2. The zero-order chi connectivity index (χ0) is 13.2. The first kappa shape index (κ1) is 14.0. The first-order valence-electron chi connectivity index (χ1n) is 6.29. The van der Waals surface area contributed by atoms with E-state index in [1.165, 1.54) is 0 Å². The van der Waals surface area contributed by atoms with E-state index in [-0.39, 0.29) is 17.4 Å². The van der Waals surface area contributed by atoms with E-state index in [2.05, 4.69) is 19.2 Å². The van der Waals surface area contributed by atoms with Crippen LogP contribution in [0.15, 0.2) is 0 Å². The Balaban J connectivity index is 2.57. The number of nitrogens with one attached hydrogen (secondary N) is 1. The van der Waals surface area contributed by atoms with Gasteiger partial charge in [-0.3, -0.25) is 9.59 Å². The van der Waals surface area contributed by atoms with Crippen LogP contribution in [-0.2, 0) is 9.59 Å². The van der Waals surface area contributed by atoms with Crippen molar-refractivity contribution in [2.75, 3.05) is 0 Å². The molecule has 98 valence electrons. The molecule has 2 N–H and O–H groups in total. The molecule has 0 aliphatic heterocycles.